The number of carbonyl (C=O) groups is 2. The Balaban J connectivity index is 1.11. The number of rotatable bonds is 5. The van der Waals surface area contributed by atoms with E-state index in [-0.39, 0.29) is 29.8 Å². The van der Waals surface area contributed by atoms with Gasteiger partial charge in [-0.1, -0.05) is 35.5 Å². The van der Waals surface area contributed by atoms with E-state index in [1.807, 2.05) is 35.2 Å². The molecule has 7 nitrogen and oxygen atoms in total. The van der Waals surface area contributed by atoms with Gasteiger partial charge in [-0.2, -0.15) is 4.98 Å². The number of ether oxygens (including phenoxy) is 1. The van der Waals surface area contributed by atoms with Crippen molar-refractivity contribution in [3.63, 3.8) is 0 Å². The molecule has 4 saturated carbocycles. The number of amides is 1. The van der Waals surface area contributed by atoms with E-state index in [2.05, 4.69) is 10.1 Å². The van der Waals surface area contributed by atoms with Crippen molar-refractivity contribution in [3.05, 3.63) is 36.2 Å². The molecule has 2 aromatic rings. The third-order valence-electron chi connectivity index (χ3n) is 8.12. The number of likely N-dealkylation sites (tertiary alicyclic amines) is 1. The van der Waals surface area contributed by atoms with E-state index in [0.29, 0.717) is 36.5 Å². The molecule has 1 aromatic carbocycles. The Morgan fingerprint density at radius 1 is 1.06 bits per heavy atom. The van der Waals surface area contributed by atoms with Crippen LogP contribution in [0.5, 0.6) is 0 Å². The highest BCUT2D eigenvalue weighted by Gasteiger charge is 2.57. The molecular formula is C25H29N3O4. The van der Waals surface area contributed by atoms with Gasteiger partial charge in [0.2, 0.25) is 11.7 Å². The minimum atomic E-state index is -0.494. The minimum absolute atomic E-state index is 0.0748. The van der Waals surface area contributed by atoms with Crippen LogP contribution >= 0.6 is 0 Å². The van der Waals surface area contributed by atoms with Gasteiger partial charge in [0.25, 0.3) is 5.89 Å². The second kappa shape index (κ2) is 7.71. The zero-order valence-corrected chi connectivity index (χ0v) is 18.2. The van der Waals surface area contributed by atoms with Gasteiger partial charge in [-0.3, -0.25) is 4.79 Å². The zero-order valence-electron chi connectivity index (χ0n) is 18.2. The monoisotopic (exact) mass is 435 g/mol. The largest absolute Gasteiger partial charge is 0.454 e. The van der Waals surface area contributed by atoms with E-state index in [1.54, 1.807) is 0 Å². The highest BCUT2D eigenvalue weighted by molar-refractivity contribution is 5.89. The summed E-state index contributed by atoms with van der Waals surface area (Å²) in [4.78, 5) is 32.8. The summed E-state index contributed by atoms with van der Waals surface area (Å²) in [7, 11) is 0. The SMILES string of the molecule is O=C(OCc1nc(-c2ccccc2)no1)C1CCCN1C(=O)C12CC3CC(CC(C3)C1)C2. The van der Waals surface area contributed by atoms with Crippen molar-refractivity contribution in [2.75, 3.05) is 6.54 Å². The van der Waals surface area contributed by atoms with Crippen LogP contribution in [-0.4, -0.2) is 39.5 Å². The van der Waals surface area contributed by atoms with Crippen LogP contribution in [0.1, 0.15) is 57.3 Å². The molecule has 5 fully saturated rings. The number of hydrogen-bond donors (Lipinski definition) is 0. The lowest BCUT2D eigenvalue weighted by atomic mass is 9.49. The van der Waals surface area contributed by atoms with E-state index in [4.69, 9.17) is 9.26 Å². The molecule has 0 N–H and O–H groups in total. The molecule has 7 rings (SSSR count). The fourth-order valence-electron chi connectivity index (χ4n) is 7.18. The Morgan fingerprint density at radius 2 is 1.75 bits per heavy atom. The Morgan fingerprint density at radius 3 is 2.44 bits per heavy atom. The highest BCUT2D eigenvalue weighted by Crippen LogP contribution is 2.60. The van der Waals surface area contributed by atoms with Crippen LogP contribution in [-0.2, 0) is 20.9 Å². The lowest BCUT2D eigenvalue weighted by molar-refractivity contribution is -0.166. The Bertz CT molecular complexity index is 982. The van der Waals surface area contributed by atoms with Crippen molar-refractivity contribution in [2.24, 2.45) is 23.2 Å². The number of carbonyl (C=O) groups excluding carboxylic acids is 2. The van der Waals surface area contributed by atoms with Crippen LogP contribution in [0.4, 0.5) is 0 Å². The van der Waals surface area contributed by atoms with Crippen LogP contribution in [0.25, 0.3) is 11.4 Å². The Hall–Kier alpha value is -2.70. The van der Waals surface area contributed by atoms with Gasteiger partial charge < -0.3 is 14.2 Å². The van der Waals surface area contributed by atoms with Crippen LogP contribution in [0.15, 0.2) is 34.9 Å². The molecule has 0 spiro atoms. The number of aromatic nitrogens is 2. The lowest BCUT2D eigenvalue weighted by Gasteiger charge is -2.56. The van der Waals surface area contributed by atoms with Gasteiger partial charge in [-0.15, -0.1) is 0 Å². The summed E-state index contributed by atoms with van der Waals surface area (Å²) in [5.41, 5.74) is 0.617. The maximum absolute atomic E-state index is 13.7. The van der Waals surface area contributed by atoms with Crippen molar-refractivity contribution < 1.29 is 18.8 Å². The topological polar surface area (TPSA) is 85.5 Å². The van der Waals surface area contributed by atoms with E-state index in [1.165, 1.54) is 19.3 Å². The van der Waals surface area contributed by atoms with Gasteiger partial charge in [-0.25, -0.2) is 4.79 Å². The molecule has 32 heavy (non-hydrogen) atoms. The average Bonchev–Trinajstić information content (AvgIpc) is 3.47. The lowest BCUT2D eigenvalue weighted by Crippen LogP contribution is -2.56. The van der Waals surface area contributed by atoms with E-state index < -0.39 is 6.04 Å². The fourth-order valence-corrected chi connectivity index (χ4v) is 7.18. The van der Waals surface area contributed by atoms with Crippen LogP contribution in [0.2, 0.25) is 0 Å². The maximum Gasteiger partial charge on any atom is 0.329 e. The van der Waals surface area contributed by atoms with Crippen molar-refractivity contribution >= 4 is 11.9 Å². The Labute approximate surface area is 187 Å². The minimum Gasteiger partial charge on any atom is -0.454 e. The third-order valence-corrected chi connectivity index (χ3v) is 8.12. The standard InChI is InChI=1S/C25H29N3O4/c29-23(31-15-21-26-22(27-32-21)19-5-2-1-3-6-19)20-7-4-8-28(20)24(30)25-12-16-9-17(13-25)11-18(10-16)14-25/h1-3,5-6,16-18,20H,4,7-15H2. The quantitative estimate of drug-likeness (QED) is 0.660. The van der Waals surface area contributed by atoms with Crippen molar-refractivity contribution in [1.82, 2.24) is 15.0 Å². The molecule has 0 radical (unpaired) electrons. The molecule has 4 aliphatic carbocycles. The number of hydrogen-bond acceptors (Lipinski definition) is 6. The third kappa shape index (κ3) is 3.42. The number of esters is 1. The average molecular weight is 436 g/mol. The number of benzene rings is 1. The van der Waals surface area contributed by atoms with Crippen molar-refractivity contribution in [3.8, 4) is 11.4 Å². The van der Waals surface area contributed by atoms with Crippen LogP contribution in [0.3, 0.4) is 0 Å². The molecule has 7 heteroatoms. The molecule has 1 aliphatic heterocycles. The first-order chi connectivity index (χ1) is 15.6. The maximum atomic E-state index is 13.7. The first-order valence-corrected chi connectivity index (χ1v) is 12.0. The zero-order chi connectivity index (χ0) is 21.7. The smallest absolute Gasteiger partial charge is 0.329 e. The van der Waals surface area contributed by atoms with Gasteiger partial charge in [0.1, 0.15) is 6.04 Å². The molecule has 1 amide bonds. The van der Waals surface area contributed by atoms with Crippen molar-refractivity contribution in [2.45, 2.75) is 64.0 Å². The summed E-state index contributed by atoms with van der Waals surface area (Å²) in [6.45, 7) is 0.577. The normalized spacial score (nSPS) is 32.9. The molecular weight excluding hydrogens is 406 g/mol. The van der Waals surface area contributed by atoms with Gasteiger partial charge in [-0.05, 0) is 69.1 Å². The molecule has 1 saturated heterocycles. The van der Waals surface area contributed by atoms with Gasteiger partial charge in [0.15, 0.2) is 6.61 Å². The predicted molar refractivity (Wildman–Crippen MR) is 115 cm³/mol. The highest BCUT2D eigenvalue weighted by atomic mass is 16.6. The van der Waals surface area contributed by atoms with E-state index in [0.717, 1.165) is 31.2 Å². The number of nitrogens with zero attached hydrogens (tertiary/aromatic N) is 3. The first kappa shape index (κ1) is 19.9. The molecule has 4 bridgehead atoms. The van der Waals surface area contributed by atoms with E-state index >= 15 is 0 Å². The van der Waals surface area contributed by atoms with Crippen molar-refractivity contribution in [1.29, 1.82) is 0 Å². The Kier molecular flexibility index (Phi) is 4.81. The van der Waals surface area contributed by atoms with Crippen LogP contribution < -0.4 is 0 Å². The first-order valence-electron chi connectivity index (χ1n) is 12.0. The molecule has 168 valence electrons. The molecule has 1 unspecified atom stereocenters. The molecule has 5 aliphatic rings. The summed E-state index contributed by atoms with van der Waals surface area (Å²) >= 11 is 0. The predicted octanol–water partition coefficient (Wildman–Crippen LogP) is 3.99. The molecule has 1 atom stereocenters. The summed E-state index contributed by atoms with van der Waals surface area (Å²) in [6, 6.07) is 9.03. The second-order valence-electron chi connectivity index (χ2n) is 10.3. The second-order valence-corrected chi connectivity index (χ2v) is 10.3. The van der Waals surface area contributed by atoms with Gasteiger partial charge in [0, 0.05) is 12.1 Å². The molecule has 1 aromatic heterocycles. The van der Waals surface area contributed by atoms with E-state index in [9.17, 15) is 9.59 Å². The summed E-state index contributed by atoms with van der Waals surface area (Å²) in [6.07, 6.45) is 8.45. The van der Waals surface area contributed by atoms with Gasteiger partial charge >= 0.3 is 5.97 Å². The van der Waals surface area contributed by atoms with Gasteiger partial charge in [0.05, 0.1) is 5.41 Å². The fraction of sp³-hybridized carbons (Fsp3) is 0.600. The summed E-state index contributed by atoms with van der Waals surface area (Å²) in [5.74, 6) is 2.68. The summed E-state index contributed by atoms with van der Waals surface area (Å²) in [5, 5.41) is 3.97. The molecule has 2 heterocycles. The summed E-state index contributed by atoms with van der Waals surface area (Å²) < 4.78 is 10.8. The van der Waals surface area contributed by atoms with Crippen LogP contribution in [0, 0.1) is 23.2 Å².